The molecule has 218 valence electrons. The largest absolute Gasteiger partial charge is 0.416 e. The van der Waals surface area contributed by atoms with Gasteiger partial charge in [0.25, 0.3) is 11.7 Å². The minimum atomic E-state index is -4.61. The van der Waals surface area contributed by atoms with Crippen LogP contribution in [-0.4, -0.2) is 57.6 Å². The monoisotopic (exact) mass is 583 g/mol. The zero-order chi connectivity index (χ0) is 29.6. The molecule has 4 heterocycles. The number of benzene rings is 1. The second kappa shape index (κ2) is 10.4. The van der Waals surface area contributed by atoms with Crippen LogP contribution < -0.4 is 16.5 Å². The summed E-state index contributed by atoms with van der Waals surface area (Å²) in [5, 5.41) is 5.28. The number of rotatable bonds is 5. The molecule has 10 nitrogen and oxygen atoms in total. The Morgan fingerprint density at radius 2 is 1.93 bits per heavy atom. The van der Waals surface area contributed by atoms with E-state index in [1.807, 2.05) is 0 Å². The number of piperidine rings is 1. The van der Waals surface area contributed by atoms with E-state index in [-0.39, 0.29) is 40.8 Å². The lowest BCUT2D eigenvalue weighted by Crippen LogP contribution is -2.53. The van der Waals surface area contributed by atoms with E-state index in [4.69, 9.17) is 10.8 Å². The van der Waals surface area contributed by atoms with Crippen molar-refractivity contribution in [3.05, 3.63) is 82.8 Å². The van der Waals surface area contributed by atoms with Crippen LogP contribution in [0.4, 0.5) is 28.2 Å². The summed E-state index contributed by atoms with van der Waals surface area (Å²) in [6, 6.07) is 5.25. The van der Waals surface area contributed by atoms with Crippen molar-refractivity contribution in [3.8, 4) is 0 Å². The molecule has 0 bridgehead atoms. The van der Waals surface area contributed by atoms with Gasteiger partial charge in [-0.2, -0.15) is 24.0 Å². The molecule has 14 heteroatoms. The summed E-state index contributed by atoms with van der Waals surface area (Å²) >= 11 is 0. The number of anilines is 1. The topological polar surface area (TPSA) is 125 Å². The maximum Gasteiger partial charge on any atom is 0.416 e. The van der Waals surface area contributed by atoms with E-state index in [2.05, 4.69) is 20.6 Å². The molecule has 2 atom stereocenters. The van der Waals surface area contributed by atoms with Crippen LogP contribution in [0.15, 0.2) is 70.3 Å². The number of nitrogens with one attached hydrogen (secondary N) is 2. The Balaban J connectivity index is 1.25. The molecule has 1 aromatic heterocycles. The standard InChI is InChI=1S/C28H26F4N8O2/c29-21-12-16(26(41)37-23-13-18(7-8-35-23)28(30,31)32)3-6-20(21)25-38-24(22-14-34-9-11-40(22,25)33)17-2-1-10-39(15-17)27(42)36-19-4-5-19/h3,6-9,11-14,17,19H,1-2,4-5,10,15,33H2,(H-,35,36,37,41,42)/p+1/t17-,40?/m1/s1. The number of aliphatic imine (C=N–C) groups is 2. The number of amides is 3. The Labute approximate surface area is 237 Å². The Morgan fingerprint density at radius 1 is 1.12 bits per heavy atom. The summed E-state index contributed by atoms with van der Waals surface area (Å²) in [4.78, 5) is 40.0. The van der Waals surface area contributed by atoms with Gasteiger partial charge < -0.3 is 15.5 Å². The van der Waals surface area contributed by atoms with Gasteiger partial charge in [-0.3, -0.25) is 9.79 Å². The predicted molar refractivity (Wildman–Crippen MR) is 145 cm³/mol. The van der Waals surface area contributed by atoms with Gasteiger partial charge in [0.2, 0.25) is 5.70 Å². The van der Waals surface area contributed by atoms with E-state index < -0.39 is 28.1 Å². The van der Waals surface area contributed by atoms with Gasteiger partial charge in [-0.25, -0.2) is 14.2 Å². The minimum absolute atomic E-state index is 0.0397. The second-order valence-electron chi connectivity index (χ2n) is 10.6. The van der Waals surface area contributed by atoms with Crippen LogP contribution in [0.2, 0.25) is 0 Å². The number of alkyl halides is 3. The molecular weight excluding hydrogens is 556 g/mol. The molecule has 6 rings (SSSR count). The highest BCUT2D eigenvalue weighted by molar-refractivity contribution is 6.05. The molecule has 1 unspecified atom stereocenters. The first-order valence-electron chi connectivity index (χ1n) is 13.4. The number of hydrogen-bond acceptors (Lipinski definition) is 6. The average molecular weight is 584 g/mol. The fourth-order valence-electron chi connectivity index (χ4n) is 5.27. The summed E-state index contributed by atoms with van der Waals surface area (Å²) in [5.74, 6) is 4.82. The van der Waals surface area contributed by atoms with E-state index in [9.17, 15) is 22.8 Å². The van der Waals surface area contributed by atoms with Crippen molar-refractivity contribution in [1.82, 2.24) is 15.2 Å². The zero-order valence-electron chi connectivity index (χ0n) is 22.2. The number of hydrogen-bond donors (Lipinski definition) is 3. The minimum Gasteiger partial charge on any atom is -0.335 e. The van der Waals surface area contributed by atoms with Crippen molar-refractivity contribution in [3.63, 3.8) is 0 Å². The highest BCUT2D eigenvalue weighted by Gasteiger charge is 2.47. The Morgan fingerprint density at radius 3 is 2.67 bits per heavy atom. The van der Waals surface area contributed by atoms with E-state index >= 15 is 4.39 Å². The SMILES string of the molecule is N[N+]12C=CN=CC1=C([C@@H]1CCCN(C(=O)NC3CC3)C1)N=C2c1ccc(C(=O)Nc2cc(C(F)(F)F)ccn2)cc1F. The first kappa shape index (κ1) is 27.7. The fraction of sp³-hybridized carbons (Fsp3) is 0.321. The van der Waals surface area contributed by atoms with E-state index in [0.29, 0.717) is 30.5 Å². The molecule has 1 aliphatic carbocycles. The average Bonchev–Trinajstić information content (AvgIpc) is 3.72. The maximum atomic E-state index is 15.6. The van der Waals surface area contributed by atoms with Gasteiger partial charge in [-0.15, -0.1) is 4.59 Å². The van der Waals surface area contributed by atoms with Gasteiger partial charge in [0.1, 0.15) is 23.5 Å². The number of urea groups is 1. The fourth-order valence-corrected chi connectivity index (χ4v) is 5.27. The Bertz CT molecular complexity index is 1580. The highest BCUT2D eigenvalue weighted by atomic mass is 19.4. The van der Waals surface area contributed by atoms with Crippen LogP contribution in [0.25, 0.3) is 0 Å². The number of pyridine rings is 1. The molecule has 4 aliphatic rings. The molecule has 1 saturated carbocycles. The maximum absolute atomic E-state index is 15.6. The number of nitrogens with zero attached hydrogens (tertiary/aromatic N) is 5. The van der Waals surface area contributed by atoms with Crippen LogP contribution in [0.3, 0.4) is 0 Å². The molecule has 42 heavy (non-hydrogen) atoms. The third kappa shape index (κ3) is 5.30. The number of allylic oxidation sites excluding steroid dienone is 1. The molecular formula is C28H27F4N8O2+. The number of amidine groups is 1. The van der Waals surface area contributed by atoms with Gasteiger partial charge in [-0.1, -0.05) is 0 Å². The number of quaternary nitrogens is 1. The van der Waals surface area contributed by atoms with Gasteiger partial charge in [0.05, 0.1) is 23.5 Å². The number of halogens is 4. The van der Waals surface area contributed by atoms with Gasteiger partial charge >= 0.3 is 12.2 Å². The number of fused-ring (bicyclic) bond motifs is 1. The number of likely N-dealkylation sites (tertiary alicyclic amines) is 1. The Hall–Kier alpha value is -4.43. The quantitative estimate of drug-likeness (QED) is 0.276. The first-order chi connectivity index (χ1) is 20.0. The molecule has 0 spiro atoms. The van der Waals surface area contributed by atoms with Crippen molar-refractivity contribution < 1.29 is 31.7 Å². The third-order valence-electron chi connectivity index (χ3n) is 7.62. The van der Waals surface area contributed by atoms with Crippen LogP contribution in [0.1, 0.15) is 47.2 Å². The molecule has 2 fully saturated rings. The predicted octanol–water partition coefficient (Wildman–Crippen LogP) is 4.29. The lowest BCUT2D eigenvalue weighted by Gasteiger charge is -2.33. The zero-order valence-corrected chi connectivity index (χ0v) is 22.2. The lowest BCUT2D eigenvalue weighted by molar-refractivity contribution is -0.750. The molecule has 3 amide bonds. The summed E-state index contributed by atoms with van der Waals surface area (Å²) in [6.07, 6.45) is 4.43. The number of carbonyl (C=O) groups is 2. The second-order valence-corrected chi connectivity index (χ2v) is 10.6. The Kier molecular flexibility index (Phi) is 6.89. The summed E-state index contributed by atoms with van der Waals surface area (Å²) < 4.78 is 54.2. The highest BCUT2D eigenvalue weighted by Crippen LogP contribution is 2.38. The number of nitrogens with two attached hydrogens (primary N) is 1. The smallest absolute Gasteiger partial charge is 0.335 e. The van der Waals surface area contributed by atoms with Crippen molar-refractivity contribution in [1.29, 1.82) is 0 Å². The normalized spacial score (nSPS) is 23.5. The summed E-state index contributed by atoms with van der Waals surface area (Å²) in [5.41, 5.74) is 0.0942. The van der Waals surface area contributed by atoms with Crippen molar-refractivity contribution in [2.45, 2.75) is 37.9 Å². The van der Waals surface area contributed by atoms with Crippen LogP contribution >= 0.6 is 0 Å². The summed E-state index contributed by atoms with van der Waals surface area (Å²) in [7, 11) is 0. The van der Waals surface area contributed by atoms with Gasteiger partial charge in [0.15, 0.2) is 0 Å². The van der Waals surface area contributed by atoms with Gasteiger partial charge in [-0.05, 0) is 56.0 Å². The molecule has 3 aliphatic heterocycles. The van der Waals surface area contributed by atoms with E-state index in [0.717, 1.165) is 44.0 Å². The van der Waals surface area contributed by atoms with Crippen molar-refractivity contribution >= 4 is 29.8 Å². The number of carbonyl (C=O) groups excluding carboxylic acids is 2. The van der Waals surface area contributed by atoms with Crippen molar-refractivity contribution in [2.75, 3.05) is 18.4 Å². The molecule has 2 aromatic rings. The third-order valence-corrected chi connectivity index (χ3v) is 7.62. The van der Waals surface area contributed by atoms with E-state index in [1.165, 1.54) is 18.3 Å². The molecule has 1 saturated heterocycles. The van der Waals surface area contributed by atoms with E-state index in [1.54, 1.807) is 17.3 Å². The van der Waals surface area contributed by atoms with Crippen molar-refractivity contribution in [2.24, 2.45) is 21.7 Å². The molecule has 1 aromatic carbocycles. The lowest BCUT2D eigenvalue weighted by atomic mass is 9.94. The van der Waals surface area contributed by atoms with Crippen LogP contribution in [0.5, 0.6) is 0 Å². The molecule has 0 radical (unpaired) electrons. The number of aromatic nitrogens is 1. The van der Waals surface area contributed by atoms with Crippen LogP contribution in [0, 0.1) is 11.7 Å². The van der Waals surface area contributed by atoms with Crippen LogP contribution in [-0.2, 0) is 6.18 Å². The molecule has 4 N–H and O–H groups in total. The summed E-state index contributed by atoms with van der Waals surface area (Å²) in [6.45, 7) is 1.05. The van der Waals surface area contributed by atoms with Gasteiger partial charge in [0, 0.05) is 36.8 Å². The first-order valence-corrected chi connectivity index (χ1v) is 13.4.